The van der Waals surface area contributed by atoms with Gasteiger partial charge in [0.2, 0.25) is 0 Å². The van der Waals surface area contributed by atoms with Crippen LogP contribution >= 0.6 is 0 Å². The third-order valence-electron chi connectivity index (χ3n) is 4.03. The van der Waals surface area contributed by atoms with Crippen LogP contribution in [0.4, 0.5) is 15.9 Å². The van der Waals surface area contributed by atoms with Crippen molar-refractivity contribution in [1.29, 1.82) is 0 Å². The number of non-ortho nitro benzene ring substituents is 1. The molecule has 0 aliphatic rings. The molecule has 0 aliphatic carbocycles. The molecule has 3 aromatic rings. The van der Waals surface area contributed by atoms with Crippen molar-refractivity contribution in [2.45, 2.75) is 13.3 Å². The van der Waals surface area contributed by atoms with Gasteiger partial charge in [-0.25, -0.2) is 9.37 Å². The van der Waals surface area contributed by atoms with Gasteiger partial charge in [0, 0.05) is 32.8 Å². The second-order valence-corrected chi connectivity index (χ2v) is 6.03. The Kier molecular flexibility index (Phi) is 4.76. The zero-order valence-electron chi connectivity index (χ0n) is 14.9. The number of Topliss-reactive ketones (excluding diaryl/α,β-unsaturated/α-hetero) is 1. The van der Waals surface area contributed by atoms with Gasteiger partial charge in [0.15, 0.2) is 17.3 Å². The van der Waals surface area contributed by atoms with E-state index in [-0.39, 0.29) is 29.4 Å². The number of ether oxygens (including phenoxy) is 1. The van der Waals surface area contributed by atoms with Crippen LogP contribution in [0.3, 0.4) is 0 Å². The number of ketones is 1. The molecule has 9 heteroatoms. The standard InChI is InChI=1S/C18H17FN4O4/c1-4-12(24)15-16-14(7-8-20-17(16)21-18(15)22(2)3)27-13-6-5-10(23(25)26)9-11(13)19/h5-9H,4H2,1-3H3,(H,20,21). The quantitative estimate of drug-likeness (QED) is 0.398. The van der Waals surface area contributed by atoms with Gasteiger partial charge >= 0.3 is 0 Å². The van der Waals surface area contributed by atoms with Gasteiger partial charge in [-0.2, -0.15) is 0 Å². The summed E-state index contributed by atoms with van der Waals surface area (Å²) in [5.74, 6) is -0.373. The SMILES string of the molecule is CCC(=O)c1c(N(C)C)[nH]c2nccc(Oc3ccc([N+](=O)[O-])cc3F)c12. The molecule has 2 aromatic heterocycles. The minimum atomic E-state index is -0.874. The molecule has 3 rings (SSSR count). The largest absolute Gasteiger partial charge is 0.453 e. The molecular formula is C18H17FN4O4. The summed E-state index contributed by atoms with van der Waals surface area (Å²) in [4.78, 5) is 31.6. The number of hydrogen-bond acceptors (Lipinski definition) is 6. The highest BCUT2D eigenvalue weighted by Gasteiger charge is 2.23. The summed E-state index contributed by atoms with van der Waals surface area (Å²) in [6.07, 6.45) is 1.74. The number of rotatable bonds is 6. The third-order valence-corrected chi connectivity index (χ3v) is 4.03. The lowest BCUT2D eigenvalue weighted by Gasteiger charge is -2.12. The first kappa shape index (κ1) is 18.3. The average molecular weight is 372 g/mol. The summed E-state index contributed by atoms with van der Waals surface area (Å²) in [7, 11) is 3.57. The number of pyridine rings is 1. The van der Waals surface area contributed by atoms with E-state index in [2.05, 4.69) is 9.97 Å². The topological polar surface area (TPSA) is 101 Å². The minimum absolute atomic E-state index is 0.119. The number of nitro benzene ring substituents is 1. The minimum Gasteiger partial charge on any atom is -0.453 e. The molecule has 1 N–H and O–H groups in total. The van der Waals surface area contributed by atoms with E-state index in [1.165, 1.54) is 18.3 Å². The molecule has 0 fully saturated rings. The molecule has 0 amide bonds. The van der Waals surface area contributed by atoms with E-state index in [9.17, 15) is 19.3 Å². The fraction of sp³-hybridized carbons (Fsp3) is 0.222. The number of nitrogens with one attached hydrogen (secondary N) is 1. The van der Waals surface area contributed by atoms with Gasteiger partial charge in [-0.3, -0.25) is 14.9 Å². The molecule has 0 saturated heterocycles. The number of benzene rings is 1. The Labute approximate surface area is 153 Å². The fourth-order valence-electron chi connectivity index (χ4n) is 2.75. The maximum absolute atomic E-state index is 14.2. The van der Waals surface area contributed by atoms with Crippen molar-refractivity contribution in [3.05, 3.63) is 52.0 Å². The molecule has 2 heterocycles. The molecule has 0 aliphatic heterocycles. The highest BCUT2D eigenvalue weighted by Crippen LogP contribution is 2.37. The van der Waals surface area contributed by atoms with Crippen LogP contribution in [0.15, 0.2) is 30.5 Å². The second kappa shape index (κ2) is 7.02. The summed E-state index contributed by atoms with van der Waals surface area (Å²) in [6, 6.07) is 4.63. The van der Waals surface area contributed by atoms with Crippen molar-refractivity contribution in [2.75, 3.05) is 19.0 Å². The smallest absolute Gasteiger partial charge is 0.272 e. The maximum Gasteiger partial charge on any atom is 0.272 e. The predicted octanol–water partition coefficient (Wildman–Crippen LogP) is 4.06. The highest BCUT2D eigenvalue weighted by atomic mass is 19.1. The van der Waals surface area contributed by atoms with Crippen molar-refractivity contribution in [3.8, 4) is 11.5 Å². The van der Waals surface area contributed by atoms with Crippen LogP contribution < -0.4 is 9.64 Å². The van der Waals surface area contributed by atoms with Crippen LogP contribution in [0.1, 0.15) is 23.7 Å². The summed E-state index contributed by atoms with van der Waals surface area (Å²) in [5.41, 5.74) is 0.455. The zero-order valence-corrected chi connectivity index (χ0v) is 14.9. The summed E-state index contributed by atoms with van der Waals surface area (Å²) >= 11 is 0. The normalized spacial score (nSPS) is 10.8. The number of aromatic amines is 1. The Hall–Kier alpha value is -3.49. The van der Waals surface area contributed by atoms with Crippen LogP contribution in [0.2, 0.25) is 0 Å². The molecule has 0 saturated carbocycles. The molecule has 27 heavy (non-hydrogen) atoms. The highest BCUT2D eigenvalue weighted by molar-refractivity contribution is 6.13. The van der Waals surface area contributed by atoms with Crippen molar-refractivity contribution < 1.29 is 18.8 Å². The van der Waals surface area contributed by atoms with Gasteiger partial charge in [-0.15, -0.1) is 0 Å². The fourth-order valence-corrected chi connectivity index (χ4v) is 2.75. The Morgan fingerprint density at radius 1 is 1.33 bits per heavy atom. The summed E-state index contributed by atoms with van der Waals surface area (Å²) in [5, 5.41) is 11.2. The first-order valence-corrected chi connectivity index (χ1v) is 8.16. The number of fused-ring (bicyclic) bond motifs is 1. The Bertz CT molecular complexity index is 1050. The number of aromatic nitrogens is 2. The first-order valence-electron chi connectivity index (χ1n) is 8.16. The van der Waals surface area contributed by atoms with Crippen LogP contribution in [-0.2, 0) is 0 Å². The molecule has 0 unspecified atom stereocenters. The van der Waals surface area contributed by atoms with E-state index in [4.69, 9.17) is 4.74 Å². The second-order valence-electron chi connectivity index (χ2n) is 6.03. The lowest BCUT2D eigenvalue weighted by atomic mass is 10.1. The molecule has 8 nitrogen and oxygen atoms in total. The van der Waals surface area contributed by atoms with Gasteiger partial charge in [-0.05, 0) is 12.1 Å². The number of H-pyrrole nitrogens is 1. The van der Waals surface area contributed by atoms with Gasteiger partial charge in [0.05, 0.1) is 21.9 Å². The van der Waals surface area contributed by atoms with Crippen molar-refractivity contribution in [2.24, 2.45) is 0 Å². The van der Waals surface area contributed by atoms with Crippen LogP contribution in [0.25, 0.3) is 11.0 Å². The van der Waals surface area contributed by atoms with E-state index in [0.717, 1.165) is 12.1 Å². The molecule has 1 aromatic carbocycles. The number of nitrogens with zero attached hydrogens (tertiary/aromatic N) is 3. The molecule has 140 valence electrons. The van der Waals surface area contributed by atoms with Crippen LogP contribution in [0.5, 0.6) is 11.5 Å². The molecule has 0 bridgehead atoms. The van der Waals surface area contributed by atoms with E-state index >= 15 is 0 Å². The molecule has 0 atom stereocenters. The molecular weight excluding hydrogens is 355 g/mol. The number of hydrogen-bond donors (Lipinski definition) is 1. The lowest BCUT2D eigenvalue weighted by molar-refractivity contribution is -0.385. The number of nitro groups is 1. The predicted molar refractivity (Wildman–Crippen MR) is 98.2 cm³/mol. The number of carbonyl (C=O) groups is 1. The first-order chi connectivity index (χ1) is 12.8. The average Bonchev–Trinajstić information content (AvgIpc) is 3.03. The monoisotopic (exact) mass is 372 g/mol. The van der Waals surface area contributed by atoms with E-state index in [1.54, 1.807) is 25.9 Å². The van der Waals surface area contributed by atoms with Gasteiger partial charge in [-0.1, -0.05) is 6.92 Å². The third kappa shape index (κ3) is 3.31. The van der Waals surface area contributed by atoms with Crippen molar-refractivity contribution in [3.63, 3.8) is 0 Å². The zero-order chi connectivity index (χ0) is 19.7. The summed E-state index contributed by atoms with van der Waals surface area (Å²) in [6.45, 7) is 1.74. The maximum atomic E-state index is 14.2. The Morgan fingerprint density at radius 3 is 2.67 bits per heavy atom. The van der Waals surface area contributed by atoms with Gasteiger partial charge in [0.1, 0.15) is 17.2 Å². The van der Waals surface area contributed by atoms with Gasteiger partial charge < -0.3 is 14.6 Å². The van der Waals surface area contributed by atoms with Gasteiger partial charge in [0.25, 0.3) is 5.69 Å². The Morgan fingerprint density at radius 2 is 2.07 bits per heavy atom. The van der Waals surface area contributed by atoms with E-state index in [0.29, 0.717) is 22.4 Å². The lowest BCUT2D eigenvalue weighted by Crippen LogP contribution is -2.13. The van der Waals surface area contributed by atoms with E-state index < -0.39 is 10.7 Å². The summed E-state index contributed by atoms with van der Waals surface area (Å²) < 4.78 is 19.9. The van der Waals surface area contributed by atoms with Crippen molar-refractivity contribution >= 4 is 28.3 Å². The van der Waals surface area contributed by atoms with Crippen LogP contribution in [-0.4, -0.2) is 34.8 Å². The Balaban J connectivity index is 2.15. The number of anilines is 1. The van der Waals surface area contributed by atoms with E-state index in [1.807, 2.05) is 0 Å². The van der Waals surface area contributed by atoms with Crippen LogP contribution in [0, 0.1) is 15.9 Å². The molecule has 0 spiro atoms. The van der Waals surface area contributed by atoms with Crippen molar-refractivity contribution in [1.82, 2.24) is 9.97 Å². The molecule has 0 radical (unpaired) electrons. The number of halogens is 1. The number of carbonyl (C=O) groups excluding carboxylic acids is 1.